The highest BCUT2D eigenvalue weighted by molar-refractivity contribution is 5.20. The Bertz CT molecular complexity index is 330. The molecule has 102 valence electrons. The minimum Gasteiger partial charge on any atom is -0.370 e. The summed E-state index contributed by atoms with van der Waals surface area (Å²) in [5.74, 6) is 0.154. The van der Waals surface area contributed by atoms with E-state index in [1.807, 2.05) is 51.2 Å². The van der Waals surface area contributed by atoms with Gasteiger partial charge in [-0.05, 0) is 18.5 Å². The molecule has 0 saturated carbocycles. The van der Waals surface area contributed by atoms with Crippen molar-refractivity contribution in [1.82, 2.24) is 5.32 Å². The summed E-state index contributed by atoms with van der Waals surface area (Å²) >= 11 is 0. The number of likely N-dealkylation sites (N-methyl/N-ethyl adjacent to an activating group) is 1. The second-order valence-electron chi connectivity index (χ2n) is 4.61. The minimum atomic E-state index is -2.43. The number of rotatable bonds is 7. The number of hydrogen-bond acceptors (Lipinski definition) is 2. The normalized spacial score (nSPS) is 15.1. The lowest BCUT2D eigenvalue weighted by atomic mass is 9.93. The molecule has 2 nitrogen and oxygen atoms in total. The maximum atomic E-state index is 12.3. The summed E-state index contributed by atoms with van der Waals surface area (Å²) in [7, 11) is 1.82. The lowest BCUT2D eigenvalue weighted by molar-refractivity contribution is -0.0558. The van der Waals surface area contributed by atoms with Crippen LogP contribution in [-0.4, -0.2) is 26.2 Å². The molecule has 1 aromatic rings. The molecule has 0 amide bonds. The van der Waals surface area contributed by atoms with Gasteiger partial charge in [0.1, 0.15) is 6.61 Å². The van der Waals surface area contributed by atoms with Crippen LogP contribution in [0.4, 0.5) is 8.78 Å². The number of halogens is 2. The van der Waals surface area contributed by atoms with Crippen molar-refractivity contribution in [3.63, 3.8) is 0 Å². The molecule has 0 radical (unpaired) electrons. The lowest BCUT2D eigenvalue weighted by Crippen LogP contribution is -2.36. The van der Waals surface area contributed by atoms with Crippen LogP contribution in [0.25, 0.3) is 0 Å². The Hall–Kier alpha value is -1.00. The highest BCUT2D eigenvalue weighted by Crippen LogP contribution is 2.24. The van der Waals surface area contributed by atoms with Gasteiger partial charge in [0.25, 0.3) is 6.43 Å². The fourth-order valence-electron chi connectivity index (χ4n) is 2.04. The van der Waals surface area contributed by atoms with E-state index < -0.39 is 13.0 Å². The molecule has 4 heteroatoms. The van der Waals surface area contributed by atoms with E-state index in [1.54, 1.807) is 0 Å². The van der Waals surface area contributed by atoms with Crippen molar-refractivity contribution in [2.45, 2.75) is 32.4 Å². The standard InChI is InChI=1S/C14H21F2NO/c1-10(2)14(18-9-12(15)16)13(17-3)11-7-5-4-6-8-11/h4-8,10,12-14,17H,9H2,1-3H3. The first-order valence-corrected chi connectivity index (χ1v) is 6.18. The molecule has 0 spiro atoms. The smallest absolute Gasteiger partial charge is 0.261 e. The average Bonchev–Trinajstić information content (AvgIpc) is 2.34. The topological polar surface area (TPSA) is 21.3 Å². The Morgan fingerprint density at radius 1 is 1.17 bits per heavy atom. The van der Waals surface area contributed by atoms with Crippen molar-refractivity contribution >= 4 is 0 Å². The monoisotopic (exact) mass is 257 g/mol. The Morgan fingerprint density at radius 2 is 1.78 bits per heavy atom. The molecule has 0 bridgehead atoms. The van der Waals surface area contributed by atoms with Crippen molar-refractivity contribution in [1.29, 1.82) is 0 Å². The summed E-state index contributed by atoms with van der Waals surface area (Å²) in [5.41, 5.74) is 1.05. The van der Waals surface area contributed by atoms with Gasteiger partial charge in [-0.2, -0.15) is 0 Å². The quantitative estimate of drug-likeness (QED) is 0.809. The summed E-state index contributed by atoms with van der Waals surface area (Å²) in [5, 5.41) is 3.15. The molecule has 18 heavy (non-hydrogen) atoms. The molecule has 0 saturated heterocycles. The van der Waals surface area contributed by atoms with Gasteiger partial charge in [-0.15, -0.1) is 0 Å². The van der Waals surface area contributed by atoms with Gasteiger partial charge in [0.2, 0.25) is 0 Å². The number of alkyl halides is 2. The summed E-state index contributed by atoms with van der Waals surface area (Å²) in [6.07, 6.45) is -2.70. The van der Waals surface area contributed by atoms with Crippen LogP contribution in [0.15, 0.2) is 30.3 Å². The van der Waals surface area contributed by atoms with Crippen molar-refractivity contribution in [3.05, 3.63) is 35.9 Å². The third kappa shape index (κ3) is 4.35. The van der Waals surface area contributed by atoms with E-state index in [0.717, 1.165) is 5.56 Å². The van der Waals surface area contributed by atoms with E-state index in [-0.39, 0.29) is 18.1 Å². The van der Waals surface area contributed by atoms with Crippen LogP contribution in [0.3, 0.4) is 0 Å². The average molecular weight is 257 g/mol. The third-order valence-corrected chi connectivity index (χ3v) is 2.87. The summed E-state index contributed by atoms with van der Waals surface area (Å²) in [6, 6.07) is 9.67. The zero-order valence-electron chi connectivity index (χ0n) is 11.1. The van der Waals surface area contributed by atoms with Crippen molar-refractivity contribution in [2.24, 2.45) is 5.92 Å². The molecule has 0 aliphatic rings. The molecule has 1 aromatic carbocycles. The number of benzene rings is 1. The second kappa shape index (κ2) is 7.44. The Balaban J connectivity index is 2.81. The van der Waals surface area contributed by atoms with E-state index >= 15 is 0 Å². The summed E-state index contributed by atoms with van der Waals surface area (Å²) in [4.78, 5) is 0. The summed E-state index contributed by atoms with van der Waals surface area (Å²) in [6.45, 7) is 3.43. The fourth-order valence-corrected chi connectivity index (χ4v) is 2.04. The van der Waals surface area contributed by atoms with Crippen molar-refractivity contribution in [3.8, 4) is 0 Å². The highest BCUT2D eigenvalue weighted by atomic mass is 19.3. The van der Waals surface area contributed by atoms with Crippen LogP contribution < -0.4 is 5.32 Å². The molecule has 1 N–H and O–H groups in total. The van der Waals surface area contributed by atoms with Gasteiger partial charge in [-0.25, -0.2) is 8.78 Å². The molecular weight excluding hydrogens is 236 g/mol. The first-order chi connectivity index (χ1) is 8.56. The molecule has 0 aliphatic carbocycles. The SMILES string of the molecule is CNC(c1ccccc1)C(OCC(F)F)C(C)C. The molecule has 0 fully saturated rings. The van der Waals surface area contributed by atoms with E-state index in [1.165, 1.54) is 0 Å². The van der Waals surface area contributed by atoms with Crippen molar-refractivity contribution in [2.75, 3.05) is 13.7 Å². The van der Waals surface area contributed by atoms with E-state index in [0.29, 0.717) is 0 Å². The van der Waals surface area contributed by atoms with Crippen LogP contribution in [-0.2, 0) is 4.74 Å². The molecule has 0 aromatic heterocycles. The maximum Gasteiger partial charge on any atom is 0.261 e. The van der Waals surface area contributed by atoms with Crippen LogP contribution in [0.2, 0.25) is 0 Å². The molecule has 1 rings (SSSR count). The zero-order valence-corrected chi connectivity index (χ0v) is 11.1. The van der Waals surface area contributed by atoms with E-state index in [9.17, 15) is 8.78 Å². The lowest BCUT2D eigenvalue weighted by Gasteiger charge is -2.30. The molecule has 0 aliphatic heterocycles. The first kappa shape index (κ1) is 15.1. The molecule has 0 heterocycles. The van der Waals surface area contributed by atoms with Gasteiger partial charge in [-0.1, -0.05) is 44.2 Å². The predicted octanol–water partition coefficient (Wildman–Crippen LogP) is 3.25. The largest absolute Gasteiger partial charge is 0.370 e. The maximum absolute atomic E-state index is 12.3. The minimum absolute atomic E-state index is 0.0788. The molecule has 2 unspecified atom stereocenters. The Morgan fingerprint density at radius 3 is 2.22 bits per heavy atom. The van der Waals surface area contributed by atoms with Gasteiger partial charge in [0, 0.05) is 0 Å². The van der Waals surface area contributed by atoms with Crippen LogP contribution in [0.1, 0.15) is 25.5 Å². The van der Waals surface area contributed by atoms with Crippen LogP contribution in [0, 0.1) is 5.92 Å². The molecule has 2 atom stereocenters. The zero-order chi connectivity index (χ0) is 13.5. The van der Waals surface area contributed by atoms with Gasteiger partial charge in [-0.3, -0.25) is 0 Å². The fraction of sp³-hybridized carbons (Fsp3) is 0.571. The predicted molar refractivity (Wildman–Crippen MR) is 68.8 cm³/mol. The Labute approximate surface area is 107 Å². The number of hydrogen-bond donors (Lipinski definition) is 1. The van der Waals surface area contributed by atoms with Gasteiger partial charge in [0.05, 0.1) is 12.1 Å². The van der Waals surface area contributed by atoms with E-state index in [2.05, 4.69) is 5.32 Å². The highest BCUT2D eigenvalue weighted by Gasteiger charge is 2.26. The van der Waals surface area contributed by atoms with E-state index in [4.69, 9.17) is 4.74 Å². The Kier molecular flexibility index (Phi) is 6.22. The molecular formula is C14H21F2NO. The van der Waals surface area contributed by atoms with Crippen LogP contribution >= 0.6 is 0 Å². The van der Waals surface area contributed by atoms with Gasteiger partial charge >= 0.3 is 0 Å². The summed E-state index contributed by atoms with van der Waals surface area (Å²) < 4.78 is 29.9. The van der Waals surface area contributed by atoms with Crippen LogP contribution in [0.5, 0.6) is 0 Å². The second-order valence-corrected chi connectivity index (χ2v) is 4.61. The van der Waals surface area contributed by atoms with Gasteiger partial charge < -0.3 is 10.1 Å². The third-order valence-electron chi connectivity index (χ3n) is 2.87. The van der Waals surface area contributed by atoms with Gasteiger partial charge in [0.15, 0.2) is 0 Å². The first-order valence-electron chi connectivity index (χ1n) is 6.18. The van der Waals surface area contributed by atoms with Crippen molar-refractivity contribution < 1.29 is 13.5 Å². The number of nitrogens with one attached hydrogen (secondary N) is 1. The number of ether oxygens (including phenoxy) is 1.